The summed E-state index contributed by atoms with van der Waals surface area (Å²) in [6.45, 7) is 2.01. The smallest absolute Gasteiger partial charge is 0.324 e. The van der Waals surface area contributed by atoms with Crippen LogP contribution in [0.25, 0.3) is 11.3 Å². The minimum absolute atomic E-state index is 0.0909. The molecule has 2 aromatic rings. The number of aromatic nitrogens is 1. The van der Waals surface area contributed by atoms with E-state index in [1.54, 1.807) is 11.7 Å². The Kier molecular flexibility index (Phi) is 5.00. The van der Waals surface area contributed by atoms with E-state index in [4.69, 9.17) is 26.8 Å². The zero-order valence-corrected chi connectivity index (χ0v) is 12.5. The first-order valence-electron chi connectivity index (χ1n) is 6.70. The highest BCUT2D eigenvalue weighted by Crippen LogP contribution is 2.24. The highest BCUT2D eigenvalue weighted by molar-refractivity contribution is 5.93. The fourth-order valence-corrected chi connectivity index (χ4v) is 1.65. The van der Waals surface area contributed by atoms with Crippen molar-refractivity contribution in [3.63, 3.8) is 0 Å². The predicted octanol–water partition coefficient (Wildman–Crippen LogP) is 1.26. The third-order valence-electron chi connectivity index (χ3n) is 2.92. The van der Waals surface area contributed by atoms with Crippen molar-refractivity contribution < 1.29 is 9.62 Å². The molecule has 0 radical (unpaired) electrons. The number of amidine groups is 1. The maximum atomic E-state index is 8.60. The molecule has 0 saturated heterocycles. The molecule has 23 heavy (non-hydrogen) atoms. The van der Waals surface area contributed by atoms with Gasteiger partial charge in [-0.05, 0) is 19.1 Å². The van der Waals surface area contributed by atoms with Gasteiger partial charge >= 0.3 is 6.01 Å². The summed E-state index contributed by atoms with van der Waals surface area (Å²) in [6.07, 6.45) is 4.37. The number of nitrogens with zero attached hydrogens (tertiary/aromatic N) is 2. The van der Waals surface area contributed by atoms with E-state index in [9.17, 15) is 0 Å². The number of benzene rings is 1. The van der Waals surface area contributed by atoms with Gasteiger partial charge in [0, 0.05) is 5.56 Å². The van der Waals surface area contributed by atoms with Gasteiger partial charge in [0.05, 0.1) is 11.9 Å². The van der Waals surface area contributed by atoms with Crippen molar-refractivity contribution in [3.05, 3.63) is 59.7 Å². The first kappa shape index (κ1) is 16.1. The summed E-state index contributed by atoms with van der Waals surface area (Å²) < 4.78 is 5.52. The van der Waals surface area contributed by atoms with Gasteiger partial charge in [-0.1, -0.05) is 29.8 Å². The summed E-state index contributed by atoms with van der Waals surface area (Å²) in [4.78, 5) is 8.05. The van der Waals surface area contributed by atoms with Gasteiger partial charge in [0.1, 0.15) is 11.7 Å². The van der Waals surface area contributed by atoms with E-state index in [1.807, 2.05) is 31.2 Å². The van der Waals surface area contributed by atoms with Crippen LogP contribution in [-0.2, 0) is 0 Å². The van der Waals surface area contributed by atoms with Crippen LogP contribution >= 0.6 is 0 Å². The molecule has 2 rings (SSSR count). The number of oxazole rings is 1. The van der Waals surface area contributed by atoms with Crippen molar-refractivity contribution >= 4 is 11.9 Å². The Labute approximate surface area is 133 Å². The summed E-state index contributed by atoms with van der Waals surface area (Å²) in [5, 5.41) is 8.60. The van der Waals surface area contributed by atoms with E-state index in [-0.39, 0.29) is 23.4 Å². The predicted molar refractivity (Wildman–Crippen MR) is 87.4 cm³/mol. The van der Waals surface area contributed by atoms with Crippen LogP contribution in [0.3, 0.4) is 0 Å². The number of hydrogen-bond donors (Lipinski definition) is 5. The lowest BCUT2D eigenvalue weighted by Gasteiger charge is -2.00. The molecule has 0 unspecified atom stereocenters. The molecule has 0 saturated carbocycles. The van der Waals surface area contributed by atoms with Crippen molar-refractivity contribution in [3.8, 4) is 11.3 Å². The second-order valence-corrected chi connectivity index (χ2v) is 4.72. The molecule has 120 valence electrons. The van der Waals surface area contributed by atoms with E-state index >= 15 is 0 Å². The van der Waals surface area contributed by atoms with E-state index in [0.717, 1.165) is 11.1 Å². The van der Waals surface area contributed by atoms with Crippen LogP contribution in [0.15, 0.2) is 63.5 Å². The first-order chi connectivity index (χ1) is 11.0. The third-order valence-corrected chi connectivity index (χ3v) is 2.92. The Bertz CT molecular complexity index is 759. The van der Waals surface area contributed by atoms with Crippen LogP contribution in [-0.4, -0.2) is 16.0 Å². The van der Waals surface area contributed by atoms with Gasteiger partial charge < -0.3 is 21.6 Å². The zero-order chi connectivity index (χ0) is 16.8. The molecular weight excluding hydrogens is 296 g/mol. The largest absolute Gasteiger partial charge is 0.422 e. The Morgan fingerprint density at radius 3 is 2.57 bits per heavy atom. The van der Waals surface area contributed by atoms with Gasteiger partial charge in [-0.25, -0.2) is 0 Å². The van der Waals surface area contributed by atoms with Crippen LogP contribution < -0.4 is 22.7 Å². The number of rotatable bonds is 5. The van der Waals surface area contributed by atoms with Gasteiger partial charge in [0.25, 0.3) is 0 Å². The molecule has 0 atom stereocenters. The summed E-state index contributed by atoms with van der Waals surface area (Å²) >= 11 is 0. The molecule has 1 aromatic carbocycles. The molecule has 8 nitrogen and oxygen atoms in total. The maximum absolute atomic E-state index is 8.60. The molecule has 1 aromatic heterocycles. The second-order valence-electron chi connectivity index (χ2n) is 4.72. The first-order valence-corrected chi connectivity index (χ1v) is 6.70. The zero-order valence-electron chi connectivity index (χ0n) is 12.5. The van der Waals surface area contributed by atoms with Crippen molar-refractivity contribution in [2.24, 2.45) is 22.2 Å². The van der Waals surface area contributed by atoms with Gasteiger partial charge in [-0.2, -0.15) is 9.98 Å². The number of hydrogen-bond acceptors (Lipinski definition) is 7. The summed E-state index contributed by atoms with van der Waals surface area (Å²) in [5.74, 6) is 0.622. The average Bonchev–Trinajstić information content (AvgIpc) is 3.00. The molecule has 0 aliphatic heterocycles. The molecule has 0 bridgehead atoms. The number of hydroxylamine groups is 1. The second kappa shape index (κ2) is 7.14. The highest BCUT2D eigenvalue weighted by Gasteiger charge is 2.05. The Hall–Kier alpha value is -3.26. The molecule has 0 aliphatic rings. The van der Waals surface area contributed by atoms with E-state index < -0.39 is 0 Å². The summed E-state index contributed by atoms with van der Waals surface area (Å²) in [6, 6.07) is 7.95. The molecule has 0 amide bonds. The van der Waals surface area contributed by atoms with Gasteiger partial charge in [0.15, 0.2) is 5.76 Å². The minimum atomic E-state index is -0.0909. The normalized spacial score (nSPS) is 13.2. The molecule has 0 spiro atoms. The lowest BCUT2D eigenvalue weighted by atomic mass is 10.1. The van der Waals surface area contributed by atoms with Crippen molar-refractivity contribution in [1.82, 2.24) is 10.5 Å². The average molecular weight is 314 g/mol. The molecule has 0 fully saturated rings. The molecule has 0 aliphatic carbocycles. The number of nitrogens with two attached hydrogens (primary N) is 3. The molecule has 8 heteroatoms. The maximum Gasteiger partial charge on any atom is 0.324 e. The third kappa shape index (κ3) is 4.35. The molecule has 1 heterocycles. The minimum Gasteiger partial charge on any atom is -0.422 e. The molecular formula is C15H18N6O2. The lowest BCUT2D eigenvalue weighted by molar-refractivity contribution is 0.197. The SMILES string of the molecule is Cc1ccc(-c2cnc(N=C(N)C=CC(N)=C(N)NO)o2)cc1. The standard InChI is InChI=1S/C15H18N6O2/c1-9-2-4-10(5-3-9)12-8-19-15(23-12)20-13(17)7-6-11(16)14(18)21-22/h2-8,21-22H,16,18H2,1H3,(H2,17,19,20). The topological polar surface area (TPSA) is 149 Å². The summed E-state index contributed by atoms with van der Waals surface area (Å²) in [7, 11) is 0. The van der Waals surface area contributed by atoms with Crippen LogP contribution in [0, 0.1) is 6.92 Å². The fraction of sp³-hybridized carbons (Fsp3) is 0.0667. The van der Waals surface area contributed by atoms with Crippen molar-refractivity contribution in [2.75, 3.05) is 0 Å². The van der Waals surface area contributed by atoms with Crippen LogP contribution in [0.2, 0.25) is 0 Å². The van der Waals surface area contributed by atoms with Crippen molar-refractivity contribution in [1.29, 1.82) is 0 Å². The highest BCUT2D eigenvalue weighted by atomic mass is 16.5. The lowest BCUT2D eigenvalue weighted by Crippen LogP contribution is -2.21. The summed E-state index contributed by atoms with van der Waals surface area (Å²) in [5.41, 5.74) is 20.5. The van der Waals surface area contributed by atoms with Crippen molar-refractivity contribution in [2.45, 2.75) is 6.92 Å². The fourth-order valence-electron chi connectivity index (χ4n) is 1.65. The Balaban J connectivity index is 2.14. The quantitative estimate of drug-likeness (QED) is 0.241. The van der Waals surface area contributed by atoms with Crippen LogP contribution in [0.1, 0.15) is 5.56 Å². The van der Waals surface area contributed by atoms with E-state index in [0.29, 0.717) is 5.76 Å². The number of allylic oxidation sites excluding steroid dienone is 1. The van der Waals surface area contributed by atoms with Gasteiger partial charge in [-0.3, -0.25) is 10.7 Å². The number of aliphatic imine (C=N–C) groups is 1. The van der Waals surface area contributed by atoms with E-state index in [2.05, 4.69) is 9.98 Å². The van der Waals surface area contributed by atoms with Crippen LogP contribution in [0.4, 0.5) is 6.01 Å². The Morgan fingerprint density at radius 1 is 1.22 bits per heavy atom. The monoisotopic (exact) mass is 314 g/mol. The van der Waals surface area contributed by atoms with Gasteiger partial charge in [0.2, 0.25) is 0 Å². The van der Waals surface area contributed by atoms with E-state index in [1.165, 1.54) is 12.2 Å². The Morgan fingerprint density at radius 2 is 1.91 bits per heavy atom. The molecule has 8 N–H and O–H groups in total. The number of aryl methyl sites for hydroxylation is 1. The van der Waals surface area contributed by atoms with Crippen LogP contribution in [0.5, 0.6) is 0 Å². The van der Waals surface area contributed by atoms with Gasteiger partial charge in [-0.15, -0.1) is 0 Å². The number of nitrogens with one attached hydrogen (secondary N) is 1.